The fourth-order valence-corrected chi connectivity index (χ4v) is 3.12. The maximum absolute atomic E-state index is 12.3. The summed E-state index contributed by atoms with van der Waals surface area (Å²) in [5, 5.41) is 2.59. The molecule has 2 aromatic carbocycles. The van der Waals surface area contributed by atoms with Gasteiger partial charge in [0.1, 0.15) is 5.75 Å². The summed E-state index contributed by atoms with van der Waals surface area (Å²) in [6.07, 6.45) is 0.0268. The fraction of sp³-hybridized carbons (Fsp3) is 0.273. The van der Waals surface area contributed by atoms with E-state index >= 15 is 0 Å². The van der Waals surface area contributed by atoms with E-state index in [0.717, 1.165) is 0 Å². The second kappa shape index (κ2) is 9.21. The third kappa shape index (κ3) is 5.02. The first-order valence-corrected chi connectivity index (χ1v) is 9.39. The second-order valence-corrected chi connectivity index (χ2v) is 6.89. The van der Waals surface area contributed by atoms with Gasteiger partial charge in [-0.3, -0.25) is 19.2 Å². The highest BCUT2D eigenvalue weighted by Gasteiger charge is 2.36. The van der Waals surface area contributed by atoms with Crippen LogP contribution in [0.4, 0.5) is 11.4 Å². The molecule has 1 saturated heterocycles. The third-order valence-corrected chi connectivity index (χ3v) is 4.76. The van der Waals surface area contributed by atoms with E-state index in [9.17, 15) is 19.2 Å². The number of amides is 2. The van der Waals surface area contributed by atoms with Gasteiger partial charge in [0.25, 0.3) is 5.91 Å². The van der Waals surface area contributed by atoms with Gasteiger partial charge in [0.2, 0.25) is 5.91 Å². The van der Waals surface area contributed by atoms with Gasteiger partial charge in [-0.2, -0.15) is 0 Å². The predicted octanol–water partition coefficient (Wildman–Crippen LogP) is 2.43. The average molecular weight is 410 g/mol. The Balaban J connectivity index is 1.50. The van der Waals surface area contributed by atoms with Crippen LogP contribution in [0.15, 0.2) is 48.5 Å². The number of methoxy groups -OCH3 is 1. The number of ketones is 1. The average Bonchev–Trinajstić information content (AvgIpc) is 3.14. The van der Waals surface area contributed by atoms with Crippen LogP contribution >= 0.6 is 0 Å². The molecule has 1 atom stereocenters. The summed E-state index contributed by atoms with van der Waals surface area (Å²) >= 11 is 0. The molecule has 2 aromatic rings. The molecule has 0 aliphatic carbocycles. The molecule has 0 bridgehead atoms. The number of anilines is 2. The van der Waals surface area contributed by atoms with E-state index in [0.29, 0.717) is 22.7 Å². The predicted molar refractivity (Wildman–Crippen MR) is 109 cm³/mol. The minimum atomic E-state index is -0.637. The topological polar surface area (TPSA) is 102 Å². The Morgan fingerprint density at radius 1 is 1.07 bits per heavy atom. The van der Waals surface area contributed by atoms with Gasteiger partial charge in [0.15, 0.2) is 12.4 Å². The Kier molecular flexibility index (Phi) is 6.46. The van der Waals surface area contributed by atoms with Crippen molar-refractivity contribution in [3.05, 3.63) is 54.1 Å². The monoisotopic (exact) mass is 410 g/mol. The molecule has 8 heteroatoms. The highest BCUT2D eigenvalue weighted by Crippen LogP contribution is 2.27. The van der Waals surface area contributed by atoms with Crippen molar-refractivity contribution in [1.29, 1.82) is 0 Å². The summed E-state index contributed by atoms with van der Waals surface area (Å²) in [7, 11) is 1.55. The molecule has 0 spiro atoms. The highest BCUT2D eigenvalue weighted by molar-refractivity contribution is 6.00. The number of nitrogens with zero attached hydrogens (tertiary/aromatic N) is 1. The molecule has 0 saturated carbocycles. The number of hydrogen-bond acceptors (Lipinski definition) is 6. The maximum Gasteiger partial charge on any atom is 0.311 e. The van der Waals surface area contributed by atoms with Crippen LogP contribution in [0, 0.1) is 5.92 Å². The number of carbonyl (C=O) groups is 4. The van der Waals surface area contributed by atoms with Gasteiger partial charge in [-0.1, -0.05) is 0 Å². The van der Waals surface area contributed by atoms with Crippen LogP contribution in [-0.2, 0) is 19.1 Å². The lowest BCUT2D eigenvalue weighted by Gasteiger charge is -2.16. The van der Waals surface area contributed by atoms with Gasteiger partial charge in [0.05, 0.1) is 13.0 Å². The Morgan fingerprint density at radius 3 is 2.33 bits per heavy atom. The van der Waals surface area contributed by atoms with Gasteiger partial charge in [0, 0.05) is 29.9 Å². The highest BCUT2D eigenvalue weighted by atomic mass is 16.5. The lowest BCUT2D eigenvalue weighted by molar-refractivity contribution is -0.151. The Morgan fingerprint density at radius 2 is 1.73 bits per heavy atom. The summed E-state index contributed by atoms with van der Waals surface area (Å²) in [6, 6.07) is 13.4. The van der Waals surface area contributed by atoms with Crippen molar-refractivity contribution in [1.82, 2.24) is 0 Å². The van der Waals surface area contributed by atoms with E-state index in [4.69, 9.17) is 9.47 Å². The molecule has 2 amide bonds. The third-order valence-electron chi connectivity index (χ3n) is 4.76. The zero-order valence-electron chi connectivity index (χ0n) is 16.7. The summed E-state index contributed by atoms with van der Waals surface area (Å²) < 4.78 is 10.2. The number of esters is 1. The second-order valence-electron chi connectivity index (χ2n) is 6.89. The molecule has 0 unspecified atom stereocenters. The zero-order chi connectivity index (χ0) is 21.7. The Hall–Kier alpha value is -3.68. The van der Waals surface area contributed by atoms with Gasteiger partial charge in [-0.05, 0) is 55.5 Å². The standard InChI is InChI=1S/C22H22N2O6/c1-14(25)15-3-5-17(6-4-15)23-20(26)13-30-22(28)16-11-21(27)24(12-16)18-7-9-19(29-2)10-8-18/h3-10,16H,11-13H2,1-2H3,(H,23,26)/t16-/m1/s1. The first kappa shape index (κ1) is 21.0. The normalized spacial score (nSPS) is 15.6. The van der Waals surface area contributed by atoms with Crippen molar-refractivity contribution in [2.75, 3.05) is 30.5 Å². The number of ether oxygens (including phenoxy) is 2. The van der Waals surface area contributed by atoms with Gasteiger partial charge >= 0.3 is 5.97 Å². The molecule has 1 aliphatic rings. The molecule has 30 heavy (non-hydrogen) atoms. The number of benzene rings is 2. The number of nitrogens with one attached hydrogen (secondary N) is 1. The molecular formula is C22H22N2O6. The lowest BCUT2D eigenvalue weighted by Crippen LogP contribution is -2.28. The van der Waals surface area contributed by atoms with Gasteiger partial charge in [-0.25, -0.2) is 0 Å². The van der Waals surface area contributed by atoms with Crippen LogP contribution in [0.1, 0.15) is 23.7 Å². The Bertz CT molecular complexity index is 953. The molecule has 1 fully saturated rings. The molecule has 1 N–H and O–H groups in total. The van der Waals surface area contributed by atoms with Crippen molar-refractivity contribution in [2.45, 2.75) is 13.3 Å². The van der Waals surface area contributed by atoms with Crippen molar-refractivity contribution >= 4 is 34.9 Å². The Labute approximate surface area is 173 Å². The van der Waals surface area contributed by atoms with E-state index in [1.165, 1.54) is 11.8 Å². The van der Waals surface area contributed by atoms with Crippen LogP contribution in [-0.4, -0.2) is 43.8 Å². The van der Waals surface area contributed by atoms with Crippen molar-refractivity contribution < 1.29 is 28.7 Å². The van der Waals surface area contributed by atoms with E-state index in [1.807, 2.05) is 0 Å². The van der Waals surface area contributed by atoms with Crippen LogP contribution in [0.3, 0.4) is 0 Å². The number of rotatable bonds is 7. The summed E-state index contributed by atoms with van der Waals surface area (Å²) in [5.41, 5.74) is 1.69. The maximum atomic E-state index is 12.3. The zero-order valence-corrected chi connectivity index (χ0v) is 16.7. The minimum absolute atomic E-state index is 0.0268. The molecule has 8 nitrogen and oxygen atoms in total. The van der Waals surface area contributed by atoms with Crippen molar-refractivity contribution in [3.63, 3.8) is 0 Å². The quantitative estimate of drug-likeness (QED) is 0.556. The van der Waals surface area contributed by atoms with Crippen LogP contribution in [0.25, 0.3) is 0 Å². The summed E-state index contributed by atoms with van der Waals surface area (Å²) in [6.45, 7) is 1.19. The molecule has 0 radical (unpaired) electrons. The van der Waals surface area contributed by atoms with Crippen molar-refractivity contribution in [3.8, 4) is 5.75 Å². The minimum Gasteiger partial charge on any atom is -0.497 e. The number of Topliss-reactive ketones (excluding diaryl/α,β-unsaturated/α-hetero) is 1. The van der Waals surface area contributed by atoms with E-state index in [1.54, 1.807) is 55.6 Å². The van der Waals surface area contributed by atoms with Gasteiger partial charge in [-0.15, -0.1) is 0 Å². The lowest BCUT2D eigenvalue weighted by atomic mass is 10.1. The molecule has 156 valence electrons. The molecule has 1 heterocycles. The van der Waals surface area contributed by atoms with Crippen LogP contribution in [0.5, 0.6) is 5.75 Å². The largest absolute Gasteiger partial charge is 0.497 e. The smallest absolute Gasteiger partial charge is 0.311 e. The van der Waals surface area contributed by atoms with Crippen LogP contribution in [0.2, 0.25) is 0 Å². The summed E-state index contributed by atoms with van der Waals surface area (Å²) in [4.78, 5) is 49.4. The number of carbonyl (C=O) groups excluding carboxylic acids is 4. The molecule has 1 aliphatic heterocycles. The van der Waals surface area contributed by atoms with Crippen LogP contribution < -0.4 is 15.0 Å². The van der Waals surface area contributed by atoms with E-state index in [-0.39, 0.29) is 24.7 Å². The number of hydrogen-bond donors (Lipinski definition) is 1. The molecular weight excluding hydrogens is 388 g/mol. The summed E-state index contributed by atoms with van der Waals surface area (Å²) in [5.74, 6) is -1.32. The molecule has 3 rings (SSSR count). The first-order chi connectivity index (χ1) is 14.4. The van der Waals surface area contributed by atoms with Gasteiger partial charge < -0.3 is 19.7 Å². The SMILES string of the molecule is COc1ccc(N2C[C@H](C(=O)OCC(=O)Nc3ccc(C(C)=O)cc3)CC2=O)cc1. The fourth-order valence-electron chi connectivity index (χ4n) is 3.12. The first-order valence-electron chi connectivity index (χ1n) is 9.39. The molecule has 0 aromatic heterocycles. The van der Waals surface area contributed by atoms with Crippen molar-refractivity contribution in [2.24, 2.45) is 5.92 Å². The van der Waals surface area contributed by atoms with E-state index in [2.05, 4.69) is 5.32 Å². The van der Waals surface area contributed by atoms with E-state index < -0.39 is 24.4 Å².